The van der Waals surface area contributed by atoms with Gasteiger partial charge in [-0.3, -0.25) is 4.79 Å². The summed E-state index contributed by atoms with van der Waals surface area (Å²) < 4.78 is 26.3. The monoisotopic (exact) mass is 406 g/mol. The van der Waals surface area contributed by atoms with E-state index in [0.29, 0.717) is 39.1 Å². The van der Waals surface area contributed by atoms with Crippen LogP contribution in [0.25, 0.3) is 22.2 Å². The number of nitrogens with zero attached hydrogens (tertiary/aromatic N) is 1. The van der Waals surface area contributed by atoms with Crippen LogP contribution in [0.5, 0.6) is 5.75 Å². The van der Waals surface area contributed by atoms with Gasteiger partial charge in [-0.15, -0.1) is 0 Å². The van der Waals surface area contributed by atoms with Crippen molar-refractivity contribution in [1.82, 2.24) is 4.98 Å². The van der Waals surface area contributed by atoms with E-state index in [-0.39, 0.29) is 19.6 Å². The van der Waals surface area contributed by atoms with E-state index >= 15 is 0 Å². The third kappa shape index (κ3) is 3.88. The molecule has 6 nitrogen and oxygen atoms in total. The maximum atomic E-state index is 14.9. The number of hydrogen-bond donors (Lipinski definition) is 2. The summed E-state index contributed by atoms with van der Waals surface area (Å²) in [6.45, 7) is 0.239. The van der Waals surface area contributed by atoms with Crippen LogP contribution in [-0.2, 0) is 24.4 Å². The second kappa shape index (κ2) is 8.34. The number of oxazole rings is 1. The first kappa shape index (κ1) is 19.6. The van der Waals surface area contributed by atoms with Gasteiger partial charge in [0.2, 0.25) is 0 Å². The average molecular weight is 406 g/mol. The standard InChI is InChI=1S/C23H19FN2O4/c24-22-16(11-25)5-3-6-17(22)18-8-14(9-20-23(18)26-13-30-20)12-29-19-7-2-1-4-15(19)10-21(27)28/h1-9,13H,10-12,25H2,(H,27,28). The van der Waals surface area contributed by atoms with Gasteiger partial charge in [0.15, 0.2) is 12.0 Å². The fourth-order valence-corrected chi connectivity index (χ4v) is 3.37. The molecule has 0 amide bonds. The lowest BCUT2D eigenvalue weighted by molar-refractivity contribution is -0.136. The van der Waals surface area contributed by atoms with Crippen molar-refractivity contribution >= 4 is 17.1 Å². The van der Waals surface area contributed by atoms with Gasteiger partial charge in [0.1, 0.15) is 23.7 Å². The smallest absolute Gasteiger partial charge is 0.307 e. The van der Waals surface area contributed by atoms with Gasteiger partial charge in [0.05, 0.1) is 6.42 Å². The molecule has 3 N–H and O–H groups in total. The Hall–Kier alpha value is -3.71. The predicted octanol–water partition coefficient (Wildman–Crippen LogP) is 4.30. The number of rotatable bonds is 7. The van der Waals surface area contributed by atoms with Crippen molar-refractivity contribution in [2.24, 2.45) is 5.73 Å². The number of carboxylic acid groups (broad SMARTS) is 1. The molecule has 152 valence electrons. The maximum Gasteiger partial charge on any atom is 0.307 e. The first-order valence-corrected chi connectivity index (χ1v) is 9.33. The highest BCUT2D eigenvalue weighted by atomic mass is 19.1. The summed E-state index contributed by atoms with van der Waals surface area (Å²) in [5, 5.41) is 9.08. The van der Waals surface area contributed by atoms with Crippen molar-refractivity contribution in [1.29, 1.82) is 0 Å². The zero-order valence-corrected chi connectivity index (χ0v) is 16.0. The van der Waals surface area contributed by atoms with Gasteiger partial charge in [-0.1, -0.05) is 36.4 Å². The Balaban J connectivity index is 1.70. The molecule has 7 heteroatoms. The number of para-hydroxylation sites is 1. The van der Waals surface area contributed by atoms with Crippen LogP contribution in [-0.4, -0.2) is 16.1 Å². The second-order valence-corrected chi connectivity index (χ2v) is 6.79. The number of aromatic nitrogens is 1. The third-order valence-electron chi connectivity index (χ3n) is 4.79. The summed E-state index contributed by atoms with van der Waals surface area (Å²) in [5.74, 6) is -0.851. The van der Waals surface area contributed by atoms with Crippen LogP contribution in [0.15, 0.2) is 65.4 Å². The Morgan fingerprint density at radius 3 is 2.70 bits per heavy atom. The molecule has 0 bridgehead atoms. The number of ether oxygens (including phenoxy) is 1. The summed E-state index contributed by atoms with van der Waals surface area (Å²) in [7, 11) is 0. The van der Waals surface area contributed by atoms with Gasteiger partial charge in [0, 0.05) is 28.8 Å². The van der Waals surface area contributed by atoms with Crippen LogP contribution in [0, 0.1) is 5.82 Å². The highest BCUT2D eigenvalue weighted by Crippen LogP contribution is 2.33. The first-order chi connectivity index (χ1) is 14.6. The molecule has 0 aliphatic carbocycles. The van der Waals surface area contributed by atoms with Crippen molar-refractivity contribution in [3.63, 3.8) is 0 Å². The number of carboxylic acids is 1. The van der Waals surface area contributed by atoms with Crippen LogP contribution < -0.4 is 10.5 Å². The topological polar surface area (TPSA) is 98.6 Å². The fraction of sp³-hybridized carbons (Fsp3) is 0.130. The van der Waals surface area contributed by atoms with Crippen LogP contribution in [0.1, 0.15) is 16.7 Å². The Morgan fingerprint density at radius 1 is 1.10 bits per heavy atom. The molecule has 4 aromatic rings. The molecular formula is C23H19FN2O4. The minimum absolute atomic E-state index is 0.0881. The zero-order valence-electron chi connectivity index (χ0n) is 16.0. The quantitative estimate of drug-likeness (QED) is 0.475. The molecule has 0 aliphatic rings. The Kier molecular flexibility index (Phi) is 5.45. The molecule has 1 heterocycles. The molecule has 0 saturated heterocycles. The zero-order chi connectivity index (χ0) is 21.1. The molecule has 0 radical (unpaired) electrons. The number of fused-ring (bicyclic) bond motifs is 1. The lowest BCUT2D eigenvalue weighted by Gasteiger charge is -2.12. The second-order valence-electron chi connectivity index (χ2n) is 6.79. The van der Waals surface area contributed by atoms with Gasteiger partial charge >= 0.3 is 5.97 Å². The number of carbonyl (C=O) groups is 1. The molecule has 0 fully saturated rings. The van der Waals surface area contributed by atoms with Gasteiger partial charge in [-0.05, 0) is 23.8 Å². The molecule has 0 unspecified atom stereocenters. The van der Waals surface area contributed by atoms with Gasteiger partial charge in [-0.25, -0.2) is 9.37 Å². The van der Waals surface area contributed by atoms with E-state index in [0.717, 1.165) is 5.56 Å². The molecule has 0 atom stereocenters. The molecule has 1 aromatic heterocycles. The van der Waals surface area contributed by atoms with E-state index in [2.05, 4.69) is 4.98 Å². The Bertz CT molecular complexity index is 1220. The maximum absolute atomic E-state index is 14.9. The number of benzene rings is 3. The Labute approximate surface area is 171 Å². The lowest BCUT2D eigenvalue weighted by atomic mass is 9.99. The van der Waals surface area contributed by atoms with E-state index in [1.54, 1.807) is 54.6 Å². The number of aliphatic carboxylic acids is 1. The van der Waals surface area contributed by atoms with E-state index in [1.807, 2.05) is 0 Å². The highest BCUT2D eigenvalue weighted by Gasteiger charge is 2.16. The molecule has 4 rings (SSSR count). The van der Waals surface area contributed by atoms with Crippen molar-refractivity contribution in [2.45, 2.75) is 19.6 Å². The van der Waals surface area contributed by atoms with Gasteiger partial charge < -0.3 is 20.0 Å². The fourth-order valence-electron chi connectivity index (χ4n) is 3.37. The van der Waals surface area contributed by atoms with Gasteiger partial charge in [-0.2, -0.15) is 0 Å². The Morgan fingerprint density at radius 2 is 1.90 bits per heavy atom. The predicted molar refractivity (Wildman–Crippen MR) is 109 cm³/mol. The third-order valence-corrected chi connectivity index (χ3v) is 4.79. The molecule has 0 spiro atoms. The van der Waals surface area contributed by atoms with Crippen LogP contribution >= 0.6 is 0 Å². The number of halogens is 1. The van der Waals surface area contributed by atoms with E-state index in [1.165, 1.54) is 6.39 Å². The van der Waals surface area contributed by atoms with Crippen LogP contribution in [0.4, 0.5) is 4.39 Å². The lowest BCUT2D eigenvalue weighted by Crippen LogP contribution is -2.04. The normalized spacial score (nSPS) is 11.0. The summed E-state index contributed by atoms with van der Waals surface area (Å²) in [6.07, 6.45) is 1.17. The molecule has 0 saturated carbocycles. The summed E-state index contributed by atoms with van der Waals surface area (Å²) in [5.41, 5.74) is 9.36. The molecule has 0 aliphatic heterocycles. The molecule has 3 aromatic carbocycles. The van der Waals surface area contributed by atoms with Crippen molar-refractivity contribution in [3.05, 3.63) is 83.5 Å². The summed E-state index contributed by atoms with van der Waals surface area (Å²) in [6, 6.07) is 15.6. The van der Waals surface area contributed by atoms with Crippen molar-refractivity contribution in [3.8, 4) is 16.9 Å². The summed E-state index contributed by atoms with van der Waals surface area (Å²) >= 11 is 0. The SMILES string of the molecule is NCc1cccc(-c2cc(COc3ccccc3CC(=O)O)cc3ocnc23)c1F. The van der Waals surface area contributed by atoms with Crippen molar-refractivity contribution in [2.75, 3.05) is 0 Å². The first-order valence-electron chi connectivity index (χ1n) is 9.33. The highest BCUT2D eigenvalue weighted by molar-refractivity contribution is 5.91. The van der Waals surface area contributed by atoms with E-state index < -0.39 is 11.8 Å². The minimum atomic E-state index is -0.938. The van der Waals surface area contributed by atoms with E-state index in [9.17, 15) is 9.18 Å². The van der Waals surface area contributed by atoms with E-state index in [4.69, 9.17) is 20.0 Å². The van der Waals surface area contributed by atoms with Crippen LogP contribution in [0.2, 0.25) is 0 Å². The van der Waals surface area contributed by atoms with Crippen molar-refractivity contribution < 1.29 is 23.4 Å². The minimum Gasteiger partial charge on any atom is -0.489 e. The number of hydrogen-bond acceptors (Lipinski definition) is 5. The average Bonchev–Trinajstić information content (AvgIpc) is 3.21. The van der Waals surface area contributed by atoms with Crippen LogP contribution in [0.3, 0.4) is 0 Å². The molecular weight excluding hydrogens is 387 g/mol. The largest absolute Gasteiger partial charge is 0.489 e. The number of nitrogens with two attached hydrogens (primary N) is 1. The van der Waals surface area contributed by atoms with Gasteiger partial charge in [0.25, 0.3) is 0 Å². The summed E-state index contributed by atoms with van der Waals surface area (Å²) in [4.78, 5) is 15.3. The molecule has 30 heavy (non-hydrogen) atoms.